The summed E-state index contributed by atoms with van der Waals surface area (Å²) < 4.78 is 5.15. The van der Waals surface area contributed by atoms with Crippen molar-refractivity contribution in [3.05, 3.63) is 34.9 Å². The second kappa shape index (κ2) is 6.27. The number of hydrogen-bond acceptors (Lipinski definition) is 3. The molecule has 1 amide bonds. The first kappa shape index (κ1) is 14.9. The van der Waals surface area contributed by atoms with Gasteiger partial charge in [-0.1, -0.05) is 23.7 Å². The molecule has 0 bridgehead atoms. The average Bonchev–Trinajstić information content (AvgIpc) is 3.19. The second-order valence-electron chi connectivity index (χ2n) is 5.21. The molecule has 108 valence electrons. The van der Waals surface area contributed by atoms with E-state index < -0.39 is 0 Å². The molecular formula is C15H18ClNO3. The maximum Gasteiger partial charge on any atom is 0.309 e. The lowest BCUT2D eigenvalue weighted by atomic mass is 10.1. The quantitative estimate of drug-likeness (QED) is 0.784. The monoisotopic (exact) mass is 295 g/mol. The first-order chi connectivity index (χ1) is 9.49. The zero-order valence-electron chi connectivity index (χ0n) is 11.6. The number of esters is 1. The van der Waals surface area contributed by atoms with Crippen molar-refractivity contribution in [2.75, 3.05) is 20.7 Å². The Labute approximate surface area is 123 Å². The van der Waals surface area contributed by atoms with Gasteiger partial charge in [0.15, 0.2) is 0 Å². The van der Waals surface area contributed by atoms with Crippen LogP contribution in [0.15, 0.2) is 24.3 Å². The Bertz CT molecular complexity index is 498. The van der Waals surface area contributed by atoms with Gasteiger partial charge in [-0.15, -0.1) is 0 Å². The van der Waals surface area contributed by atoms with E-state index in [1.807, 2.05) is 24.3 Å². The lowest BCUT2D eigenvalue weighted by Gasteiger charge is -2.10. The van der Waals surface area contributed by atoms with E-state index in [1.54, 1.807) is 14.1 Å². The predicted octanol–water partition coefficient (Wildman–Crippen LogP) is 2.47. The van der Waals surface area contributed by atoms with Crippen molar-refractivity contribution in [3.63, 3.8) is 0 Å². The molecule has 0 aliphatic heterocycles. The first-order valence-electron chi connectivity index (χ1n) is 6.61. The molecule has 1 aromatic carbocycles. The highest BCUT2D eigenvalue weighted by molar-refractivity contribution is 6.30. The number of carbonyl (C=O) groups is 2. The van der Waals surface area contributed by atoms with E-state index in [9.17, 15) is 9.59 Å². The van der Waals surface area contributed by atoms with Gasteiger partial charge in [0.1, 0.15) is 6.61 Å². The van der Waals surface area contributed by atoms with E-state index in [2.05, 4.69) is 0 Å². The summed E-state index contributed by atoms with van der Waals surface area (Å²) in [5, 5.41) is 0.690. The van der Waals surface area contributed by atoms with E-state index in [0.29, 0.717) is 5.02 Å². The maximum atomic E-state index is 11.8. The van der Waals surface area contributed by atoms with Crippen LogP contribution < -0.4 is 0 Å². The van der Waals surface area contributed by atoms with Crippen molar-refractivity contribution in [2.45, 2.75) is 18.8 Å². The second-order valence-corrected chi connectivity index (χ2v) is 5.64. The summed E-state index contributed by atoms with van der Waals surface area (Å²) in [6.07, 6.45) is 1.04. The molecule has 5 heteroatoms. The molecule has 0 aromatic heterocycles. The van der Waals surface area contributed by atoms with E-state index >= 15 is 0 Å². The lowest BCUT2D eigenvalue weighted by Crippen LogP contribution is -2.23. The Hall–Kier alpha value is -1.55. The van der Waals surface area contributed by atoms with Crippen LogP contribution in [0, 0.1) is 5.92 Å². The third kappa shape index (κ3) is 3.73. The molecule has 1 saturated carbocycles. The van der Waals surface area contributed by atoms with Crippen LogP contribution in [0.2, 0.25) is 5.02 Å². The van der Waals surface area contributed by atoms with E-state index in [-0.39, 0.29) is 36.7 Å². The summed E-state index contributed by atoms with van der Waals surface area (Å²) in [5.41, 5.74) is 1.11. The Morgan fingerprint density at radius 1 is 1.30 bits per heavy atom. The van der Waals surface area contributed by atoms with Crippen LogP contribution in [0.1, 0.15) is 24.3 Å². The van der Waals surface area contributed by atoms with Crippen LogP contribution >= 0.6 is 11.6 Å². The van der Waals surface area contributed by atoms with E-state index in [0.717, 1.165) is 12.0 Å². The highest BCUT2D eigenvalue weighted by atomic mass is 35.5. The largest absolute Gasteiger partial charge is 0.465 e. The topological polar surface area (TPSA) is 46.6 Å². The van der Waals surface area contributed by atoms with Gasteiger partial charge >= 0.3 is 5.97 Å². The molecule has 0 heterocycles. The van der Waals surface area contributed by atoms with Crippen LogP contribution in [-0.4, -0.2) is 37.5 Å². The van der Waals surface area contributed by atoms with Crippen LogP contribution in [0.3, 0.4) is 0 Å². The van der Waals surface area contributed by atoms with Crippen LogP contribution in [0.5, 0.6) is 0 Å². The first-order valence-corrected chi connectivity index (χ1v) is 6.99. The normalized spacial score (nSPS) is 20.4. The van der Waals surface area contributed by atoms with Gasteiger partial charge in [-0.2, -0.15) is 0 Å². The highest BCUT2D eigenvalue weighted by Crippen LogP contribution is 2.48. The van der Waals surface area contributed by atoms with Gasteiger partial charge < -0.3 is 9.64 Å². The number of hydrogen-bond donors (Lipinski definition) is 0. The van der Waals surface area contributed by atoms with Gasteiger partial charge in [0.2, 0.25) is 5.91 Å². The Balaban J connectivity index is 1.76. The minimum atomic E-state index is -0.212. The number of halogens is 1. The van der Waals surface area contributed by atoms with Gasteiger partial charge in [-0.05, 0) is 30.0 Å². The van der Waals surface area contributed by atoms with Crippen molar-refractivity contribution in [1.82, 2.24) is 4.90 Å². The Kier molecular flexibility index (Phi) is 4.65. The molecule has 1 aliphatic carbocycles. The summed E-state index contributed by atoms with van der Waals surface area (Å²) in [6, 6.07) is 7.53. The third-order valence-corrected chi connectivity index (χ3v) is 3.70. The minimum Gasteiger partial charge on any atom is -0.465 e. The molecule has 2 atom stereocenters. The zero-order chi connectivity index (χ0) is 14.7. The molecule has 0 saturated heterocycles. The minimum absolute atomic E-state index is 0.0390. The standard InChI is InChI=1S/C15H18ClNO3/c1-17(2)14(18)7-8-20-15(19)13-9-12(13)10-3-5-11(16)6-4-10/h3-6,12-13H,7-9H2,1-2H3/t12-,13-/m0/s1. The number of amides is 1. The Morgan fingerprint density at radius 3 is 2.55 bits per heavy atom. The molecule has 0 radical (unpaired) electrons. The smallest absolute Gasteiger partial charge is 0.309 e. The lowest BCUT2D eigenvalue weighted by molar-refractivity contribution is -0.146. The fourth-order valence-electron chi connectivity index (χ4n) is 2.10. The fraction of sp³-hybridized carbons (Fsp3) is 0.467. The molecule has 0 spiro atoms. The number of carbonyl (C=O) groups excluding carboxylic acids is 2. The Morgan fingerprint density at radius 2 is 1.95 bits per heavy atom. The summed E-state index contributed by atoms with van der Waals surface area (Å²) in [5.74, 6) is -0.102. The van der Waals surface area contributed by atoms with Gasteiger partial charge in [0.25, 0.3) is 0 Å². The zero-order valence-corrected chi connectivity index (χ0v) is 12.4. The van der Waals surface area contributed by atoms with Gasteiger partial charge in [-0.3, -0.25) is 9.59 Å². The van der Waals surface area contributed by atoms with Crippen molar-refractivity contribution in [3.8, 4) is 0 Å². The summed E-state index contributed by atoms with van der Waals surface area (Å²) in [6.45, 7) is 0.152. The van der Waals surface area contributed by atoms with E-state index in [4.69, 9.17) is 16.3 Å². The number of benzene rings is 1. The maximum absolute atomic E-state index is 11.8. The molecule has 0 N–H and O–H groups in total. The van der Waals surface area contributed by atoms with Crippen molar-refractivity contribution in [2.24, 2.45) is 5.92 Å². The molecule has 2 rings (SSSR count). The number of nitrogens with zero attached hydrogens (tertiary/aromatic N) is 1. The molecule has 20 heavy (non-hydrogen) atoms. The van der Waals surface area contributed by atoms with Crippen molar-refractivity contribution >= 4 is 23.5 Å². The third-order valence-electron chi connectivity index (χ3n) is 3.45. The summed E-state index contributed by atoms with van der Waals surface area (Å²) in [4.78, 5) is 24.7. The average molecular weight is 296 g/mol. The van der Waals surface area contributed by atoms with Crippen molar-refractivity contribution < 1.29 is 14.3 Å². The summed E-state index contributed by atoms with van der Waals surface area (Å²) >= 11 is 5.83. The van der Waals surface area contributed by atoms with Gasteiger partial charge in [0.05, 0.1) is 12.3 Å². The fourth-order valence-corrected chi connectivity index (χ4v) is 2.23. The molecule has 1 aliphatic rings. The highest BCUT2D eigenvalue weighted by Gasteiger charge is 2.45. The summed E-state index contributed by atoms with van der Waals surface area (Å²) in [7, 11) is 3.36. The molecule has 1 fully saturated rings. The molecule has 4 nitrogen and oxygen atoms in total. The van der Waals surface area contributed by atoms with Crippen LogP contribution in [0.4, 0.5) is 0 Å². The van der Waals surface area contributed by atoms with Crippen molar-refractivity contribution in [1.29, 1.82) is 0 Å². The van der Waals surface area contributed by atoms with Crippen LogP contribution in [0.25, 0.3) is 0 Å². The predicted molar refractivity (Wildman–Crippen MR) is 76.6 cm³/mol. The van der Waals surface area contributed by atoms with Crippen LogP contribution in [-0.2, 0) is 14.3 Å². The molecule has 1 aromatic rings. The van der Waals surface area contributed by atoms with Gasteiger partial charge in [0, 0.05) is 19.1 Å². The SMILES string of the molecule is CN(C)C(=O)CCOC(=O)[C@H]1C[C@H]1c1ccc(Cl)cc1. The van der Waals surface area contributed by atoms with Gasteiger partial charge in [-0.25, -0.2) is 0 Å². The number of rotatable bonds is 5. The molecular weight excluding hydrogens is 278 g/mol. The number of ether oxygens (including phenoxy) is 1. The molecule has 0 unspecified atom stereocenters. The van der Waals surface area contributed by atoms with E-state index in [1.165, 1.54) is 4.90 Å².